The summed E-state index contributed by atoms with van der Waals surface area (Å²) in [5.41, 5.74) is 2.27. The van der Waals surface area contributed by atoms with E-state index in [1.807, 2.05) is 29.7 Å². The number of carbonyl (C=O) groups excluding carboxylic acids is 2. The Hall–Kier alpha value is -3.29. The van der Waals surface area contributed by atoms with Crippen LogP contribution in [0.5, 0.6) is 0 Å². The van der Waals surface area contributed by atoms with Gasteiger partial charge >= 0.3 is 0 Å². The van der Waals surface area contributed by atoms with E-state index in [9.17, 15) is 9.59 Å². The highest BCUT2D eigenvalue weighted by Gasteiger charge is 2.28. The summed E-state index contributed by atoms with van der Waals surface area (Å²) >= 11 is 0. The molecule has 2 unspecified atom stereocenters. The number of fused-ring (bicyclic) bond motifs is 1. The fourth-order valence-corrected chi connectivity index (χ4v) is 4.84. The number of rotatable bonds is 5. The lowest BCUT2D eigenvalue weighted by molar-refractivity contribution is -0.119. The molecule has 1 aliphatic carbocycles. The van der Waals surface area contributed by atoms with E-state index in [0.29, 0.717) is 12.1 Å². The fraction of sp³-hybridized carbons (Fsp3) is 0.400. The zero-order valence-electron chi connectivity index (χ0n) is 19.0. The first-order chi connectivity index (χ1) is 15.8. The van der Waals surface area contributed by atoms with Gasteiger partial charge in [-0.2, -0.15) is 0 Å². The molecule has 8 heteroatoms. The predicted octanol–water partition coefficient (Wildman–Crippen LogP) is 4.18. The molecule has 0 bridgehead atoms. The quantitative estimate of drug-likeness (QED) is 0.607. The van der Waals surface area contributed by atoms with Crippen molar-refractivity contribution in [2.75, 3.05) is 7.05 Å². The molecule has 2 aromatic heterocycles. The molecule has 1 aliphatic rings. The van der Waals surface area contributed by atoms with Crippen LogP contribution >= 0.6 is 0 Å². The normalized spacial score (nSPS) is 18.3. The van der Waals surface area contributed by atoms with Crippen LogP contribution in [-0.4, -0.2) is 34.3 Å². The summed E-state index contributed by atoms with van der Waals surface area (Å²) in [5, 5.41) is 5.39. The number of aromatic nitrogens is 2. The average Bonchev–Trinajstić information content (AvgIpc) is 3.09. The smallest absolute Gasteiger partial charge is 0.251 e. The number of nitrogens with one attached hydrogen (secondary N) is 2. The van der Waals surface area contributed by atoms with E-state index < -0.39 is 17.5 Å². The van der Waals surface area contributed by atoms with Crippen molar-refractivity contribution in [3.05, 3.63) is 58.9 Å². The van der Waals surface area contributed by atoms with Crippen molar-refractivity contribution in [2.45, 2.75) is 52.0 Å². The minimum absolute atomic E-state index is 0.0491. The molecular weight excluding hydrogens is 426 g/mol. The van der Waals surface area contributed by atoms with Gasteiger partial charge in [-0.3, -0.25) is 9.59 Å². The van der Waals surface area contributed by atoms with Crippen molar-refractivity contribution in [2.24, 2.45) is 5.92 Å². The largest absolute Gasteiger partial charge is 0.355 e. The number of aryl methyl sites for hydroxylation is 1. The van der Waals surface area contributed by atoms with Crippen LogP contribution in [0, 0.1) is 24.5 Å². The molecule has 4 rings (SSSR count). The van der Waals surface area contributed by atoms with E-state index >= 15 is 8.78 Å². The standard InChI is InChI=1S/C25H28F2N4O2/c1-14-7-8-31-21(11-16-5-4-6-18(10-16)29-15(2)32)24(30-22(31)9-14)23-19(26)12-17(13-20(23)27)25(33)28-3/h7-9,12-13,16,18H,4-6,10-11H2,1-3H3,(H,28,33)(H,29,32). The Labute approximate surface area is 191 Å². The Morgan fingerprint density at radius 2 is 1.91 bits per heavy atom. The average molecular weight is 455 g/mol. The maximum atomic E-state index is 15.1. The van der Waals surface area contributed by atoms with Gasteiger partial charge in [0.2, 0.25) is 5.91 Å². The van der Waals surface area contributed by atoms with E-state index in [2.05, 4.69) is 15.6 Å². The fourth-order valence-electron chi connectivity index (χ4n) is 4.84. The van der Waals surface area contributed by atoms with E-state index in [0.717, 1.165) is 49.1 Å². The molecule has 2 N–H and O–H groups in total. The molecule has 174 valence electrons. The first kappa shape index (κ1) is 22.9. The van der Waals surface area contributed by atoms with Crippen LogP contribution in [-0.2, 0) is 11.2 Å². The van der Waals surface area contributed by atoms with Crippen LogP contribution < -0.4 is 10.6 Å². The van der Waals surface area contributed by atoms with E-state index in [1.54, 1.807) is 0 Å². The topological polar surface area (TPSA) is 75.5 Å². The molecule has 0 spiro atoms. The van der Waals surface area contributed by atoms with Crippen LogP contribution in [0.25, 0.3) is 16.9 Å². The van der Waals surface area contributed by atoms with Gasteiger partial charge in [0.1, 0.15) is 17.3 Å². The van der Waals surface area contributed by atoms with Gasteiger partial charge < -0.3 is 15.0 Å². The lowest BCUT2D eigenvalue weighted by Crippen LogP contribution is -2.37. The van der Waals surface area contributed by atoms with Gasteiger partial charge in [-0.05, 0) is 68.4 Å². The number of halogens is 2. The summed E-state index contributed by atoms with van der Waals surface area (Å²) in [6.07, 6.45) is 6.13. The third-order valence-corrected chi connectivity index (χ3v) is 6.32. The van der Waals surface area contributed by atoms with Gasteiger partial charge in [-0.1, -0.05) is 6.42 Å². The van der Waals surface area contributed by atoms with Gasteiger partial charge in [0.15, 0.2) is 0 Å². The molecule has 2 atom stereocenters. The SMILES string of the molecule is CNC(=O)c1cc(F)c(-c2nc3cc(C)ccn3c2CC2CCCC(NC(C)=O)C2)c(F)c1. The lowest BCUT2D eigenvalue weighted by Gasteiger charge is -2.29. The number of carbonyl (C=O) groups is 2. The monoisotopic (exact) mass is 454 g/mol. The van der Waals surface area contributed by atoms with Crippen LogP contribution in [0.15, 0.2) is 30.5 Å². The molecule has 0 saturated heterocycles. The Bertz CT molecular complexity index is 1200. The van der Waals surface area contributed by atoms with Gasteiger partial charge in [-0.25, -0.2) is 13.8 Å². The van der Waals surface area contributed by atoms with Crippen molar-refractivity contribution in [3.63, 3.8) is 0 Å². The van der Waals surface area contributed by atoms with Gasteiger partial charge in [-0.15, -0.1) is 0 Å². The van der Waals surface area contributed by atoms with Crippen molar-refractivity contribution >= 4 is 17.5 Å². The Kier molecular flexibility index (Phi) is 6.44. The molecule has 1 saturated carbocycles. The molecule has 0 radical (unpaired) electrons. The van der Waals surface area contributed by atoms with E-state index in [1.165, 1.54) is 14.0 Å². The second kappa shape index (κ2) is 9.29. The Morgan fingerprint density at radius 3 is 2.58 bits per heavy atom. The second-order valence-corrected chi connectivity index (χ2v) is 8.87. The van der Waals surface area contributed by atoms with Gasteiger partial charge in [0.05, 0.1) is 17.0 Å². The minimum atomic E-state index is -0.824. The van der Waals surface area contributed by atoms with Gasteiger partial charge in [0, 0.05) is 31.8 Å². The molecular formula is C25H28F2N4O2. The molecule has 33 heavy (non-hydrogen) atoms. The maximum absolute atomic E-state index is 15.1. The van der Waals surface area contributed by atoms with Crippen molar-refractivity contribution in [1.29, 1.82) is 0 Å². The van der Waals surface area contributed by atoms with E-state index in [-0.39, 0.29) is 34.7 Å². The summed E-state index contributed by atoms with van der Waals surface area (Å²) in [6, 6.07) is 6.01. The summed E-state index contributed by atoms with van der Waals surface area (Å²) in [7, 11) is 1.41. The number of pyridine rings is 1. The summed E-state index contributed by atoms with van der Waals surface area (Å²) in [6.45, 7) is 3.45. The van der Waals surface area contributed by atoms with Crippen molar-refractivity contribution in [3.8, 4) is 11.3 Å². The highest BCUT2D eigenvalue weighted by molar-refractivity contribution is 5.94. The van der Waals surface area contributed by atoms with Gasteiger partial charge in [0.25, 0.3) is 5.91 Å². The highest BCUT2D eigenvalue weighted by Crippen LogP contribution is 2.35. The molecule has 1 aromatic carbocycles. The summed E-state index contributed by atoms with van der Waals surface area (Å²) in [5.74, 6) is -2.01. The molecule has 6 nitrogen and oxygen atoms in total. The van der Waals surface area contributed by atoms with Crippen LogP contribution in [0.3, 0.4) is 0 Å². The third kappa shape index (κ3) is 4.74. The zero-order chi connectivity index (χ0) is 23.7. The number of hydrogen-bond acceptors (Lipinski definition) is 3. The number of hydrogen-bond donors (Lipinski definition) is 2. The van der Waals surface area contributed by atoms with Crippen LogP contribution in [0.4, 0.5) is 8.78 Å². The zero-order valence-corrected chi connectivity index (χ0v) is 19.0. The Morgan fingerprint density at radius 1 is 1.18 bits per heavy atom. The molecule has 1 fully saturated rings. The number of amides is 2. The maximum Gasteiger partial charge on any atom is 0.251 e. The minimum Gasteiger partial charge on any atom is -0.355 e. The number of nitrogens with zero attached hydrogens (tertiary/aromatic N) is 2. The number of imidazole rings is 1. The summed E-state index contributed by atoms with van der Waals surface area (Å²) in [4.78, 5) is 28.0. The van der Waals surface area contributed by atoms with Crippen LogP contribution in [0.1, 0.15) is 54.2 Å². The van der Waals surface area contributed by atoms with Crippen molar-refractivity contribution in [1.82, 2.24) is 20.0 Å². The van der Waals surface area contributed by atoms with E-state index in [4.69, 9.17) is 0 Å². The molecule has 2 amide bonds. The molecule has 0 aliphatic heterocycles. The molecule has 2 heterocycles. The van der Waals surface area contributed by atoms with Crippen molar-refractivity contribution < 1.29 is 18.4 Å². The predicted molar refractivity (Wildman–Crippen MR) is 122 cm³/mol. The highest BCUT2D eigenvalue weighted by atomic mass is 19.1. The summed E-state index contributed by atoms with van der Waals surface area (Å²) < 4.78 is 32.2. The lowest BCUT2D eigenvalue weighted by atomic mass is 9.82. The first-order valence-corrected chi connectivity index (χ1v) is 11.2. The number of benzene rings is 1. The second-order valence-electron chi connectivity index (χ2n) is 8.87. The molecule has 3 aromatic rings. The Balaban J connectivity index is 1.78. The first-order valence-electron chi connectivity index (χ1n) is 11.2. The third-order valence-electron chi connectivity index (χ3n) is 6.32. The van der Waals surface area contributed by atoms with Crippen LogP contribution in [0.2, 0.25) is 0 Å².